The molecule has 0 unspecified atom stereocenters. The Kier molecular flexibility index (Phi) is 7.11. The van der Waals surface area contributed by atoms with Crippen molar-refractivity contribution >= 4 is 11.7 Å². The van der Waals surface area contributed by atoms with Crippen LogP contribution in [0.5, 0.6) is 0 Å². The molecule has 2 atom stereocenters. The summed E-state index contributed by atoms with van der Waals surface area (Å²) < 4.78 is 1.74. The molecule has 0 saturated carbocycles. The van der Waals surface area contributed by atoms with Gasteiger partial charge in [-0.1, -0.05) is 49.4 Å². The zero-order chi connectivity index (χ0) is 23.9. The lowest BCUT2D eigenvalue weighted by molar-refractivity contribution is -0.118. The van der Waals surface area contributed by atoms with Crippen LogP contribution in [0.2, 0.25) is 0 Å². The van der Waals surface area contributed by atoms with Crippen molar-refractivity contribution in [2.45, 2.75) is 25.8 Å². The van der Waals surface area contributed by atoms with Crippen molar-refractivity contribution in [3.05, 3.63) is 108 Å². The molecule has 2 heterocycles. The molecular weight excluding hydrogens is 424 g/mol. The van der Waals surface area contributed by atoms with Gasteiger partial charge in [0.1, 0.15) is 11.9 Å². The molecule has 34 heavy (non-hydrogen) atoms. The molecule has 0 fully saturated rings. The number of nitrogens with one attached hydrogen (secondary N) is 2. The number of anilines is 1. The molecule has 7 heteroatoms. The number of amides is 1. The van der Waals surface area contributed by atoms with Crippen LogP contribution in [0.15, 0.2) is 85.3 Å². The third kappa shape index (κ3) is 5.55. The van der Waals surface area contributed by atoms with Crippen molar-refractivity contribution in [3.63, 3.8) is 0 Å². The second-order valence-electron chi connectivity index (χ2n) is 8.24. The Morgan fingerprint density at radius 2 is 1.79 bits per heavy atom. The van der Waals surface area contributed by atoms with E-state index in [1.165, 1.54) is 0 Å². The number of carbonyl (C=O) groups excluding carboxylic acids is 1. The zero-order valence-electron chi connectivity index (χ0n) is 19.1. The quantitative estimate of drug-likeness (QED) is 0.411. The number of hydrogen-bond donors (Lipinski definition) is 2. The number of nitriles is 1. The van der Waals surface area contributed by atoms with Crippen molar-refractivity contribution in [2.75, 3.05) is 11.9 Å². The summed E-state index contributed by atoms with van der Waals surface area (Å²) in [6.07, 6.45) is 5.38. The Labute approximate surface area is 199 Å². The van der Waals surface area contributed by atoms with Gasteiger partial charge in [-0.3, -0.25) is 4.79 Å². The molecule has 0 radical (unpaired) electrons. The van der Waals surface area contributed by atoms with Gasteiger partial charge in [0.05, 0.1) is 29.7 Å². The molecule has 2 aromatic heterocycles. The molecule has 0 spiro atoms. The zero-order valence-corrected chi connectivity index (χ0v) is 19.1. The van der Waals surface area contributed by atoms with Gasteiger partial charge < -0.3 is 10.6 Å². The second kappa shape index (κ2) is 10.6. The van der Waals surface area contributed by atoms with Gasteiger partial charge in [-0.25, -0.2) is 9.67 Å². The normalized spacial score (nSPS) is 12.5. The molecule has 0 aliphatic carbocycles. The van der Waals surface area contributed by atoms with Gasteiger partial charge in [-0.15, -0.1) is 0 Å². The van der Waals surface area contributed by atoms with Crippen molar-refractivity contribution in [3.8, 4) is 11.8 Å². The number of aromatic nitrogens is 3. The fraction of sp³-hybridized carbons (Fsp3) is 0.185. The van der Waals surface area contributed by atoms with Crippen LogP contribution in [-0.4, -0.2) is 27.2 Å². The maximum absolute atomic E-state index is 13.2. The molecule has 2 N–H and O–H groups in total. The average molecular weight is 451 g/mol. The van der Waals surface area contributed by atoms with Gasteiger partial charge in [0, 0.05) is 12.7 Å². The summed E-state index contributed by atoms with van der Waals surface area (Å²) in [4.78, 5) is 17.6. The molecular formula is C27H26N6O. The number of pyridine rings is 1. The van der Waals surface area contributed by atoms with Crippen LogP contribution in [-0.2, 0) is 4.79 Å². The Hall–Kier alpha value is -4.28. The van der Waals surface area contributed by atoms with Crippen molar-refractivity contribution in [1.82, 2.24) is 20.1 Å². The smallest absolute Gasteiger partial charge is 0.247 e. The van der Waals surface area contributed by atoms with E-state index in [1.54, 1.807) is 23.1 Å². The standard InChI is InChI=1S/C27H26N6O/c1-19-15-31-33(18-19)24-12-13-25(29-17-24)32-27(34)26(23-6-4-3-5-7-23)30-16-20(2)22-10-8-21(14-28)9-11-22/h3-13,15,17-18,20,26,30H,16H2,1-2H3,(H,29,32,34)/t20-,26-/m1/s1. The highest BCUT2D eigenvalue weighted by Gasteiger charge is 2.21. The van der Waals surface area contributed by atoms with E-state index in [4.69, 9.17) is 5.26 Å². The van der Waals surface area contributed by atoms with Crippen molar-refractivity contribution in [1.29, 1.82) is 5.26 Å². The number of aryl methyl sites for hydroxylation is 1. The van der Waals surface area contributed by atoms with Crippen LogP contribution in [0, 0.1) is 18.3 Å². The van der Waals surface area contributed by atoms with E-state index in [2.05, 4.69) is 33.7 Å². The highest BCUT2D eigenvalue weighted by molar-refractivity contribution is 5.94. The van der Waals surface area contributed by atoms with E-state index in [9.17, 15) is 4.79 Å². The monoisotopic (exact) mass is 450 g/mol. The molecule has 7 nitrogen and oxygen atoms in total. The van der Waals surface area contributed by atoms with Crippen LogP contribution in [0.4, 0.5) is 5.82 Å². The fourth-order valence-corrected chi connectivity index (χ4v) is 3.65. The first-order valence-corrected chi connectivity index (χ1v) is 11.1. The second-order valence-corrected chi connectivity index (χ2v) is 8.24. The first-order chi connectivity index (χ1) is 16.5. The average Bonchev–Trinajstić information content (AvgIpc) is 3.31. The van der Waals surface area contributed by atoms with Gasteiger partial charge in [0.2, 0.25) is 5.91 Å². The van der Waals surface area contributed by atoms with E-state index >= 15 is 0 Å². The lowest BCUT2D eigenvalue weighted by Gasteiger charge is -2.21. The molecule has 0 bridgehead atoms. The van der Waals surface area contributed by atoms with Gasteiger partial charge in [0.15, 0.2) is 0 Å². The lowest BCUT2D eigenvalue weighted by Crippen LogP contribution is -2.35. The summed E-state index contributed by atoms with van der Waals surface area (Å²) in [6, 6.07) is 22.4. The van der Waals surface area contributed by atoms with Crippen LogP contribution in [0.1, 0.15) is 41.1 Å². The van der Waals surface area contributed by atoms with Crippen molar-refractivity contribution in [2.24, 2.45) is 0 Å². The molecule has 0 saturated heterocycles. The number of nitrogens with zero attached hydrogens (tertiary/aromatic N) is 4. The highest BCUT2D eigenvalue weighted by atomic mass is 16.2. The maximum atomic E-state index is 13.2. The summed E-state index contributed by atoms with van der Waals surface area (Å²) in [5, 5.41) is 19.6. The lowest BCUT2D eigenvalue weighted by atomic mass is 9.98. The molecule has 4 aromatic rings. The number of benzene rings is 2. The molecule has 2 aromatic carbocycles. The molecule has 0 aliphatic heterocycles. The molecule has 0 aliphatic rings. The highest BCUT2D eigenvalue weighted by Crippen LogP contribution is 2.20. The Balaban J connectivity index is 1.46. The minimum atomic E-state index is -0.544. The summed E-state index contributed by atoms with van der Waals surface area (Å²) in [5.41, 5.74) is 4.48. The SMILES string of the molecule is Cc1cnn(-c2ccc(NC(=O)[C@H](NC[C@@H](C)c3ccc(C#N)cc3)c3ccccc3)nc2)c1. The van der Waals surface area contributed by atoms with Gasteiger partial charge >= 0.3 is 0 Å². The van der Waals surface area contributed by atoms with E-state index in [-0.39, 0.29) is 11.8 Å². The predicted molar refractivity (Wildman–Crippen MR) is 131 cm³/mol. The third-order valence-corrected chi connectivity index (χ3v) is 5.61. The molecule has 170 valence electrons. The van der Waals surface area contributed by atoms with Crippen molar-refractivity contribution < 1.29 is 4.79 Å². The largest absolute Gasteiger partial charge is 0.309 e. The molecule has 4 rings (SSSR count). The Bertz CT molecular complexity index is 1270. The van der Waals surface area contributed by atoms with Gasteiger partial charge in [-0.05, 0) is 53.8 Å². The number of hydrogen-bond acceptors (Lipinski definition) is 5. The van der Waals surface area contributed by atoms with Crippen LogP contribution < -0.4 is 10.6 Å². The topological polar surface area (TPSA) is 95.6 Å². The fourth-order valence-electron chi connectivity index (χ4n) is 3.65. The Morgan fingerprint density at radius 3 is 2.41 bits per heavy atom. The summed E-state index contributed by atoms with van der Waals surface area (Å²) >= 11 is 0. The van der Waals surface area contributed by atoms with Crippen LogP contribution in [0.25, 0.3) is 5.69 Å². The summed E-state index contributed by atoms with van der Waals surface area (Å²) in [5.74, 6) is 0.440. The molecule has 1 amide bonds. The van der Waals surface area contributed by atoms with Crippen LogP contribution >= 0.6 is 0 Å². The number of rotatable bonds is 8. The summed E-state index contributed by atoms with van der Waals surface area (Å²) in [7, 11) is 0. The first-order valence-electron chi connectivity index (χ1n) is 11.1. The Morgan fingerprint density at radius 1 is 1.03 bits per heavy atom. The van der Waals surface area contributed by atoms with Gasteiger partial charge in [-0.2, -0.15) is 10.4 Å². The minimum Gasteiger partial charge on any atom is -0.309 e. The maximum Gasteiger partial charge on any atom is 0.247 e. The number of carbonyl (C=O) groups is 1. The third-order valence-electron chi connectivity index (χ3n) is 5.61. The van der Waals surface area contributed by atoms with E-state index in [0.717, 1.165) is 22.4 Å². The first kappa shape index (κ1) is 22.9. The van der Waals surface area contributed by atoms with Crippen LogP contribution in [0.3, 0.4) is 0 Å². The summed E-state index contributed by atoms with van der Waals surface area (Å²) in [6.45, 7) is 4.65. The van der Waals surface area contributed by atoms with E-state index < -0.39 is 6.04 Å². The van der Waals surface area contributed by atoms with E-state index in [1.807, 2.05) is 73.8 Å². The predicted octanol–water partition coefficient (Wildman–Crippen LogP) is 4.52. The minimum absolute atomic E-state index is 0.154. The van der Waals surface area contributed by atoms with Gasteiger partial charge in [0.25, 0.3) is 0 Å². The van der Waals surface area contributed by atoms with E-state index in [0.29, 0.717) is 17.9 Å².